The normalized spacial score (nSPS) is 14.3. The molecule has 0 amide bonds. The third-order valence-electron chi connectivity index (χ3n) is 2.68. The van der Waals surface area contributed by atoms with E-state index in [1.807, 2.05) is 39.6 Å². The Morgan fingerprint density at radius 1 is 1.40 bits per heavy atom. The maximum Gasteiger partial charge on any atom is 0.152 e. The minimum Gasteiger partial charge on any atom is -0.298 e. The Hall–Kier alpha value is -0.0200. The summed E-state index contributed by atoms with van der Waals surface area (Å²) in [5.74, 6) is 1.43. The lowest BCUT2D eigenvalue weighted by molar-refractivity contribution is -0.127. The van der Waals surface area contributed by atoms with Gasteiger partial charge in [0.2, 0.25) is 0 Å². The van der Waals surface area contributed by atoms with Gasteiger partial charge in [0.15, 0.2) is 5.78 Å². The Balaban J connectivity index is 4.21. The second kappa shape index (κ2) is 6.54. The summed E-state index contributed by atoms with van der Waals surface area (Å²) >= 11 is 1.84. The largest absolute Gasteiger partial charge is 0.298 e. The van der Waals surface area contributed by atoms with Crippen LogP contribution in [0.1, 0.15) is 34.1 Å². The molecule has 3 heteroatoms. The molecule has 0 fully saturated rings. The highest BCUT2D eigenvalue weighted by Gasteiger charge is 2.24. The van der Waals surface area contributed by atoms with Crippen LogP contribution in [0.3, 0.4) is 0 Å². The lowest BCUT2D eigenvalue weighted by Crippen LogP contribution is -2.40. The number of Topliss-reactive ketones (excluding diaryl/α,β-unsaturated/α-hetero) is 1. The van der Waals surface area contributed by atoms with Gasteiger partial charge < -0.3 is 0 Å². The minimum absolute atomic E-state index is 0.216. The minimum atomic E-state index is -0.216. The Kier molecular flexibility index (Phi) is 6.53. The molecule has 0 bridgehead atoms. The van der Waals surface area contributed by atoms with E-state index in [1.54, 1.807) is 0 Å². The van der Waals surface area contributed by atoms with Crippen molar-refractivity contribution in [3.8, 4) is 0 Å². The van der Waals surface area contributed by atoms with E-state index >= 15 is 0 Å². The van der Waals surface area contributed by atoms with Crippen molar-refractivity contribution >= 4 is 17.5 Å². The van der Waals surface area contributed by atoms with Gasteiger partial charge in [-0.25, -0.2) is 0 Å². The maximum atomic E-state index is 11.9. The number of carbonyl (C=O) groups excluding carboxylic acids is 1. The van der Waals surface area contributed by atoms with E-state index in [2.05, 4.69) is 18.1 Å². The Labute approximate surface area is 98.8 Å². The van der Waals surface area contributed by atoms with Gasteiger partial charge in [-0.15, -0.1) is 0 Å². The highest BCUT2D eigenvalue weighted by molar-refractivity contribution is 7.98. The molecular formula is C12H25NOS. The Morgan fingerprint density at radius 2 is 1.93 bits per heavy atom. The number of hydrogen-bond acceptors (Lipinski definition) is 3. The Bertz CT molecular complexity index is 198. The fourth-order valence-electron chi connectivity index (χ4n) is 1.34. The molecule has 2 nitrogen and oxygen atoms in total. The quantitative estimate of drug-likeness (QED) is 0.701. The van der Waals surface area contributed by atoms with Crippen molar-refractivity contribution in [1.82, 2.24) is 4.90 Å². The van der Waals surface area contributed by atoms with Crippen LogP contribution in [0.5, 0.6) is 0 Å². The number of carbonyl (C=O) groups is 1. The average Bonchev–Trinajstić information content (AvgIpc) is 2.12. The summed E-state index contributed by atoms with van der Waals surface area (Å²) < 4.78 is 0. The van der Waals surface area contributed by atoms with Gasteiger partial charge in [-0.1, -0.05) is 27.7 Å². The SMILES string of the molecule is CCC(CSC)N(C)CC(=O)C(C)(C)C. The molecule has 0 spiro atoms. The number of likely N-dealkylation sites (N-methyl/N-ethyl adjacent to an activating group) is 1. The van der Waals surface area contributed by atoms with E-state index in [9.17, 15) is 4.79 Å². The van der Waals surface area contributed by atoms with Crippen molar-refractivity contribution in [3.63, 3.8) is 0 Å². The first-order valence-electron chi connectivity index (χ1n) is 5.55. The van der Waals surface area contributed by atoms with E-state index in [0.717, 1.165) is 12.2 Å². The van der Waals surface area contributed by atoms with Gasteiger partial charge in [-0.2, -0.15) is 11.8 Å². The van der Waals surface area contributed by atoms with Crippen molar-refractivity contribution < 1.29 is 4.79 Å². The zero-order valence-corrected chi connectivity index (χ0v) is 11.8. The molecule has 0 saturated heterocycles. The smallest absolute Gasteiger partial charge is 0.152 e. The van der Waals surface area contributed by atoms with Crippen LogP contribution in [-0.4, -0.2) is 42.3 Å². The summed E-state index contributed by atoms with van der Waals surface area (Å²) in [6.07, 6.45) is 3.22. The van der Waals surface area contributed by atoms with Crippen LogP contribution < -0.4 is 0 Å². The van der Waals surface area contributed by atoms with Crippen LogP contribution in [-0.2, 0) is 4.79 Å². The number of rotatable bonds is 6. The number of nitrogens with zero attached hydrogens (tertiary/aromatic N) is 1. The molecule has 90 valence electrons. The molecule has 0 saturated carbocycles. The molecule has 0 radical (unpaired) electrons. The zero-order chi connectivity index (χ0) is 12.1. The summed E-state index contributed by atoms with van der Waals surface area (Å²) in [7, 11) is 2.05. The first kappa shape index (κ1) is 15.0. The lowest BCUT2D eigenvalue weighted by atomic mass is 9.90. The van der Waals surface area contributed by atoms with Crippen molar-refractivity contribution in [2.75, 3.05) is 25.6 Å². The van der Waals surface area contributed by atoms with Gasteiger partial charge in [-0.05, 0) is 19.7 Å². The van der Waals surface area contributed by atoms with Gasteiger partial charge in [0.05, 0.1) is 6.54 Å². The molecule has 0 aromatic rings. The van der Waals surface area contributed by atoms with Gasteiger partial charge >= 0.3 is 0 Å². The fourth-order valence-corrected chi connectivity index (χ4v) is 2.22. The monoisotopic (exact) mass is 231 g/mol. The summed E-state index contributed by atoms with van der Waals surface area (Å²) in [5.41, 5.74) is -0.216. The van der Waals surface area contributed by atoms with Crippen LogP contribution in [0.25, 0.3) is 0 Å². The van der Waals surface area contributed by atoms with Crippen LogP contribution >= 0.6 is 11.8 Å². The number of thioether (sulfide) groups is 1. The van der Waals surface area contributed by atoms with Gasteiger partial charge in [-0.3, -0.25) is 9.69 Å². The molecule has 15 heavy (non-hydrogen) atoms. The molecule has 0 aromatic heterocycles. The predicted molar refractivity (Wildman–Crippen MR) is 69.6 cm³/mol. The van der Waals surface area contributed by atoms with Gasteiger partial charge in [0.1, 0.15) is 0 Å². The first-order chi connectivity index (χ1) is 6.82. The maximum absolute atomic E-state index is 11.9. The molecule has 1 unspecified atom stereocenters. The van der Waals surface area contributed by atoms with E-state index in [0.29, 0.717) is 18.4 Å². The molecule has 0 aliphatic rings. The molecule has 0 N–H and O–H groups in total. The Morgan fingerprint density at radius 3 is 2.27 bits per heavy atom. The molecule has 0 aromatic carbocycles. The highest BCUT2D eigenvalue weighted by atomic mass is 32.2. The first-order valence-corrected chi connectivity index (χ1v) is 6.94. The predicted octanol–water partition coefficient (Wildman–Crippen LogP) is 2.68. The molecule has 1 atom stereocenters. The van der Waals surface area contributed by atoms with Crippen molar-refractivity contribution in [2.24, 2.45) is 5.41 Å². The van der Waals surface area contributed by atoms with E-state index in [4.69, 9.17) is 0 Å². The summed E-state index contributed by atoms with van der Waals surface area (Å²) in [4.78, 5) is 14.0. The van der Waals surface area contributed by atoms with Crippen LogP contribution in [0.4, 0.5) is 0 Å². The third-order valence-corrected chi connectivity index (χ3v) is 3.40. The van der Waals surface area contributed by atoms with E-state index < -0.39 is 0 Å². The molecule has 0 aliphatic heterocycles. The standard InChI is InChI=1S/C12H25NOS/c1-7-10(9-15-6)13(5)8-11(14)12(2,3)4/h10H,7-9H2,1-6H3. The average molecular weight is 231 g/mol. The summed E-state index contributed by atoms with van der Waals surface area (Å²) in [6, 6.07) is 0.520. The third kappa shape index (κ3) is 5.57. The molecule has 0 heterocycles. The number of hydrogen-bond donors (Lipinski definition) is 0. The fraction of sp³-hybridized carbons (Fsp3) is 0.917. The molecule has 0 rings (SSSR count). The van der Waals surface area contributed by atoms with Crippen molar-refractivity contribution in [1.29, 1.82) is 0 Å². The van der Waals surface area contributed by atoms with Crippen molar-refractivity contribution in [2.45, 2.75) is 40.2 Å². The highest BCUT2D eigenvalue weighted by Crippen LogP contribution is 2.16. The van der Waals surface area contributed by atoms with Crippen LogP contribution in [0.15, 0.2) is 0 Å². The van der Waals surface area contributed by atoms with E-state index in [1.165, 1.54) is 0 Å². The summed E-state index contributed by atoms with van der Waals surface area (Å²) in [6.45, 7) is 8.71. The van der Waals surface area contributed by atoms with Crippen LogP contribution in [0, 0.1) is 5.41 Å². The number of ketones is 1. The summed E-state index contributed by atoms with van der Waals surface area (Å²) in [5, 5.41) is 0. The zero-order valence-electron chi connectivity index (χ0n) is 11.0. The second-order valence-corrected chi connectivity index (χ2v) is 6.02. The van der Waals surface area contributed by atoms with Crippen molar-refractivity contribution in [3.05, 3.63) is 0 Å². The van der Waals surface area contributed by atoms with Gasteiger partial charge in [0, 0.05) is 17.2 Å². The lowest BCUT2D eigenvalue weighted by Gasteiger charge is -2.28. The topological polar surface area (TPSA) is 20.3 Å². The van der Waals surface area contributed by atoms with E-state index in [-0.39, 0.29) is 5.41 Å². The van der Waals surface area contributed by atoms with Crippen LogP contribution in [0.2, 0.25) is 0 Å². The van der Waals surface area contributed by atoms with Gasteiger partial charge in [0.25, 0.3) is 0 Å². The molecular weight excluding hydrogens is 206 g/mol. The molecule has 0 aliphatic carbocycles. The second-order valence-electron chi connectivity index (χ2n) is 5.11.